The molecule has 1 aliphatic heterocycles. The molecule has 0 spiro atoms. The molecule has 0 aliphatic carbocycles. The Morgan fingerprint density at radius 2 is 2.29 bits per heavy atom. The molecule has 1 fully saturated rings. The van der Waals surface area contributed by atoms with Crippen molar-refractivity contribution >= 4 is 11.6 Å². The lowest BCUT2D eigenvalue weighted by Crippen LogP contribution is -2.35. The first-order chi connectivity index (χ1) is 8.26. The predicted octanol–water partition coefficient (Wildman–Crippen LogP) is 3.45. The van der Waals surface area contributed by atoms with Gasteiger partial charge in [-0.25, -0.2) is 0 Å². The molecule has 0 saturated carbocycles. The quantitative estimate of drug-likeness (QED) is 0.891. The van der Waals surface area contributed by atoms with Crippen molar-refractivity contribution in [2.45, 2.75) is 25.7 Å². The third-order valence-corrected chi connectivity index (χ3v) is 4.03. The zero-order chi connectivity index (χ0) is 12.3. The summed E-state index contributed by atoms with van der Waals surface area (Å²) in [5, 5.41) is 4.19. The molecule has 17 heavy (non-hydrogen) atoms. The van der Waals surface area contributed by atoms with Gasteiger partial charge in [-0.2, -0.15) is 0 Å². The van der Waals surface area contributed by atoms with E-state index in [4.69, 9.17) is 16.3 Å². The van der Waals surface area contributed by atoms with Crippen LogP contribution in [0.4, 0.5) is 0 Å². The smallest absolute Gasteiger partial charge is 0.137 e. The van der Waals surface area contributed by atoms with Crippen molar-refractivity contribution in [1.82, 2.24) is 5.32 Å². The highest BCUT2D eigenvalue weighted by molar-refractivity contribution is 6.32. The average Bonchev–Trinajstić information content (AvgIpc) is 2.38. The zero-order valence-corrected chi connectivity index (χ0v) is 11.3. The molecule has 1 saturated heterocycles. The van der Waals surface area contributed by atoms with Gasteiger partial charge >= 0.3 is 0 Å². The Morgan fingerprint density at radius 3 is 2.94 bits per heavy atom. The van der Waals surface area contributed by atoms with Gasteiger partial charge in [-0.15, -0.1) is 0 Å². The van der Waals surface area contributed by atoms with E-state index in [0.717, 1.165) is 23.9 Å². The molecular weight excluding hydrogens is 234 g/mol. The van der Waals surface area contributed by atoms with Gasteiger partial charge in [0.2, 0.25) is 0 Å². The van der Waals surface area contributed by atoms with Crippen LogP contribution in [0.25, 0.3) is 0 Å². The maximum Gasteiger partial charge on any atom is 0.137 e. The molecule has 1 N–H and O–H groups in total. The molecule has 1 aliphatic rings. The maximum absolute atomic E-state index is 6.20. The van der Waals surface area contributed by atoms with Crippen molar-refractivity contribution < 1.29 is 4.74 Å². The van der Waals surface area contributed by atoms with Crippen LogP contribution < -0.4 is 10.1 Å². The monoisotopic (exact) mass is 253 g/mol. The number of hydrogen-bond acceptors (Lipinski definition) is 2. The van der Waals surface area contributed by atoms with Crippen molar-refractivity contribution in [2.24, 2.45) is 5.92 Å². The Morgan fingerprint density at radius 1 is 1.47 bits per heavy atom. The lowest BCUT2D eigenvalue weighted by molar-refractivity contribution is 0.317. The SMILES string of the molecule is CCC1CNCCC1c1ccc(OC)c(Cl)c1. The number of benzene rings is 1. The van der Waals surface area contributed by atoms with Crippen LogP contribution in [0.3, 0.4) is 0 Å². The Labute approximate surface area is 108 Å². The molecule has 2 rings (SSSR count). The third kappa shape index (κ3) is 2.75. The van der Waals surface area contributed by atoms with Crippen LogP contribution in [0.5, 0.6) is 5.75 Å². The van der Waals surface area contributed by atoms with Gasteiger partial charge < -0.3 is 10.1 Å². The van der Waals surface area contributed by atoms with Crippen molar-refractivity contribution in [3.05, 3.63) is 28.8 Å². The van der Waals surface area contributed by atoms with Crippen LogP contribution in [0.15, 0.2) is 18.2 Å². The van der Waals surface area contributed by atoms with E-state index in [1.807, 2.05) is 6.07 Å². The van der Waals surface area contributed by atoms with E-state index >= 15 is 0 Å². The summed E-state index contributed by atoms with van der Waals surface area (Å²) >= 11 is 6.20. The van der Waals surface area contributed by atoms with Gasteiger partial charge in [-0.05, 0) is 49.0 Å². The molecule has 2 atom stereocenters. The third-order valence-electron chi connectivity index (χ3n) is 3.74. The fourth-order valence-corrected chi connectivity index (χ4v) is 2.97. The average molecular weight is 254 g/mol. The van der Waals surface area contributed by atoms with Crippen molar-refractivity contribution in [3.8, 4) is 5.75 Å². The van der Waals surface area contributed by atoms with Crippen LogP contribution in [0, 0.1) is 5.92 Å². The van der Waals surface area contributed by atoms with Gasteiger partial charge in [0.15, 0.2) is 0 Å². The summed E-state index contributed by atoms with van der Waals surface area (Å²) in [4.78, 5) is 0. The summed E-state index contributed by atoms with van der Waals surface area (Å²) in [5.74, 6) is 2.11. The van der Waals surface area contributed by atoms with Gasteiger partial charge in [0.05, 0.1) is 12.1 Å². The van der Waals surface area contributed by atoms with E-state index in [9.17, 15) is 0 Å². The van der Waals surface area contributed by atoms with Crippen molar-refractivity contribution in [3.63, 3.8) is 0 Å². The van der Waals surface area contributed by atoms with Gasteiger partial charge in [-0.1, -0.05) is 31.0 Å². The predicted molar refractivity (Wildman–Crippen MR) is 72.0 cm³/mol. The number of rotatable bonds is 3. The number of nitrogens with one attached hydrogen (secondary N) is 1. The Balaban J connectivity index is 2.23. The van der Waals surface area contributed by atoms with E-state index in [-0.39, 0.29) is 0 Å². The minimum atomic E-state index is 0.629. The summed E-state index contributed by atoms with van der Waals surface area (Å²) < 4.78 is 5.20. The first-order valence-corrected chi connectivity index (χ1v) is 6.68. The first kappa shape index (κ1) is 12.7. The summed E-state index contributed by atoms with van der Waals surface area (Å²) in [5.41, 5.74) is 1.35. The molecule has 2 unspecified atom stereocenters. The van der Waals surface area contributed by atoms with E-state index in [0.29, 0.717) is 11.8 Å². The Bertz CT molecular complexity index is 380. The minimum Gasteiger partial charge on any atom is -0.495 e. The standard InChI is InChI=1S/C14H20ClNO/c1-3-10-9-16-7-6-12(10)11-4-5-14(17-2)13(15)8-11/h4-5,8,10,12,16H,3,6-7,9H2,1-2H3. The van der Waals surface area contributed by atoms with Crippen LogP contribution >= 0.6 is 11.6 Å². The van der Waals surface area contributed by atoms with Crippen molar-refractivity contribution in [1.29, 1.82) is 0 Å². The molecule has 1 aromatic carbocycles. The molecule has 0 amide bonds. The number of methoxy groups -OCH3 is 1. The summed E-state index contributed by atoms with van der Waals surface area (Å²) in [6.45, 7) is 4.48. The van der Waals surface area contributed by atoms with Crippen LogP contribution in [0.2, 0.25) is 5.02 Å². The second-order valence-corrected chi connectivity index (χ2v) is 5.07. The molecular formula is C14H20ClNO. The molecule has 2 nitrogen and oxygen atoms in total. The van der Waals surface area contributed by atoms with E-state index in [2.05, 4.69) is 24.4 Å². The van der Waals surface area contributed by atoms with E-state index in [1.54, 1.807) is 7.11 Å². The number of ether oxygens (including phenoxy) is 1. The fraction of sp³-hybridized carbons (Fsp3) is 0.571. The summed E-state index contributed by atoms with van der Waals surface area (Å²) in [6.07, 6.45) is 2.41. The molecule has 1 aromatic rings. The number of halogens is 1. The summed E-state index contributed by atoms with van der Waals surface area (Å²) in [7, 11) is 1.65. The molecule has 0 aromatic heterocycles. The minimum absolute atomic E-state index is 0.629. The van der Waals surface area contributed by atoms with Gasteiger partial charge in [0, 0.05) is 0 Å². The van der Waals surface area contributed by atoms with E-state index < -0.39 is 0 Å². The normalized spacial score (nSPS) is 24.6. The first-order valence-electron chi connectivity index (χ1n) is 6.30. The Kier molecular flexibility index (Phi) is 4.30. The Hall–Kier alpha value is -0.730. The lowest BCUT2D eigenvalue weighted by Gasteiger charge is -2.32. The highest BCUT2D eigenvalue weighted by Crippen LogP contribution is 2.35. The van der Waals surface area contributed by atoms with Gasteiger partial charge in [0.1, 0.15) is 5.75 Å². The lowest BCUT2D eigenvalue weighted by atomic mass is 9.80. The number of piperidine rings is 1. The molecule has 3 heteroatoms. The largest absolute Gasteiger partial charge is 0.495 e. The van der Waals surface area contributed by atoms with Gasteiger partial charge in [-0.3, -0.25) is 0 Å². The highest BCUT2D eigenvalue weighted by Gasteiger charge is 2.25. The fourth-order valence-electron chi connectivity index (χ4n) is 2.70. The van der Waals surface area contributed by atoms with Crippen molar-refractivity contribution in [2.75, 3.05) is 20.2 Å². The van der Waals surface area contributed by atoms with Crippen LogP contribution in [0.1, 0.15) is 31.2 Å². The van der Waals surface area contributed by atoms with Gasteiger partial charge in [0.25, 0.3) is 0 Å². The molecule has 0 bridgehead atoms. The van der Waals surface area contributed by atoms with Crippen LogP contribution in [-0.2, 0) is 0 Å². The second-order valence-electron chi connectivity index (χ2n) is 4.66. The highest BCUT2D eigenvalue weighted by atomic mass is 35.5. The second kappa shape index (κ2) is 5.74. The summed E-state index contributed by atoms with van der Waals surface area (Å²) in [6, 6.07) is 6.20. The molecule has 0 radical (unpaired) electrons. The molecule has 94 valence electrons. The zero-order valence-electron chi connectivity index (χ0n) is 10.5. The maximum atomic E-state index is 6.20. The number of hydrogen-bond donors (Lipinski definition) is 1. The molecule has 1 heterocycles. The van der Waals surface area contributed by atoms with E-state index in [1.165, 1.54) is 18.4 Å². The topological polar surface area (TPSA) is 21.3 Å². The van der Waals surface area contributed by atoms with Crippen LogP contribution in [-0.4, -0.2) is 20.2 Å².